The highest BCUT2D eigenvalue weighted by Crippen LogP contribution is 2.47. The molecule has 2 aliphatic heterocycles. The summed E-state index contributed by atoms with van der Waals surface area (Å²) < 4.78 is 0. The van der Waals surface area contributed by atoms with E-state index < -0.39 is 0 Å². The Hall–Kier alpha value is -3.74. The maximum Gasteiger partial charge on any atom is 0.330 e. The van der Waals surface area contributed by atoms with Crippen LogP contribution < -0.4 is 14.7 Å². The van der Waals surface area contributed by atoms with Crippen LogP contribution in [0.3, 0.4) is 0 Å². The second-order valence-electron chi connectivity index (χ2n) is 8.70. The summed E-state index contributed by atoms with van der Waals surface area (Å²) in [6.07, 6.45) is 6.21. The Labute approximate surface area is 186 Å². The van der Waals surface area contributed by atoms with Crippen molar-refractivity contribution in [3.63, 3.8) is 0 Å². The van der Waals surface area contributed by atoms with E-state index in [0.29, 0.717) is 24.8 Å². The van der Waals surface area contributed by atoms with Crippen molar-refractivity contribution in [3.05, 3.63) is 66.6 Å². The molecule has 3 fully saturated rings. The zero-order valence-corrected chi connectivity index (χ0v) is 17.8. The number of carbonyl (C=O) groups is 2. The zero-order chi connectivity index (χ0) is 21.8. The third-order valence-corrected chi connectivity index (χ3v) is 6.81. The van der Waals surface area contributed by atoms with Crippen molar-refractivity contribution in [1.29, 1.82) is 0 Å². The molecule has 1 aliphatic carbocycles. The number of benzene rings is 1. The average Bonchev–Trinajstić information content (AvgIpc) is 3.40. The number of fused-ring (bicyclic) bond motifs is 1. The molecule has 0 radical (unpaired) electrons. The van der Waals surface area contributed by atoms with Gasteiger partial charge in [0.1, 0.15) is 5.82 Å². The van der Waals surface area contributed by atoms with Crippen LogP contribution in [-0.2, 0) is 4.79 Å². The van der Waals surface area contributed by atoms with Crippen molar-refractivity contribution in [3.8, 4) is 11.1 Å². The van der Waals surface area contributed by atoms with Crippen LogP contribution in [0.1, 0.15) is 12.0 Å². The normalized spacial score (nSPS) is 22.0. The van der Waals surface area contributed by atoms with Gasteiger partial charge in [-0.05, 0) is 66.3 Å². The van der Waals surface area contributed by atoms with Crippen LogP contribution in [0.15, 0.2) is 61.1 Å². The van der Waals surface area contributed by atoms with Crippen molar-refractivity contribution in [2.24, 2.45) is 11.8 Å². The first-order chi connectivity index (χ1) is 15.6. The van der Waals surface area contributed by atoms with E-state index >= 15 is 0 Å². The van der Waals surface area contributed by atoms with Crippen molar-refractivity contribution in [1.82, 2.24) is 9.97 Å². The van der Waals surface area contributed by atoms with Crippen LogP contribution in [0, 0.1) is 18.8 Å². The van der Waals surface area contributed by atoms with Gasteiger partial charge in [-0.15, -0.1) is 0 Å². The van der Waals surface area contributed by atoms with E-state index in [1.165, 1.54) is 0 Å². The summed E-state index contributed by atoms with van der Waals surface area (Å²) in [5.74, 6) is 1.74. The fourth-order valence-electron chi connectivity index (χ4n) is 4.93. The molecule has 1 aromatic carbocycles. The molecule has 3 amide bonds. The van der Waals surface area contributed by atoms with E-state index in [9.17, 15) is 9.59 Å². The maximum absolute atomic E-state index is 13.1. The number of hydrogen-bond donors (Lipinski definition) is 0. The molecule has 6 rings (SSSR count). The van der Waals surface area contributed by atoms with Crippen LogP contribution in [0.25, 0.3) is 11.1 Å². The predicted octanol–water partition coefficient (Wildman–Crippen LogP) is 3.88. The molecule has 2 unspecified atom stereocenters. The van der Waals surface area contributed by atoms with Crippen LogP contribution >= 0.6 is 0 Å². The van der Waals surface area contributed by atoms with Gasteiger partial charge in [-0.1, -0.05) is 12.1 Å². The van der Waals surface area contributed by atoms with E-state index in [4.69, 9.17) is 0 Å². The first kappa shape index (κ1) is 19.0. The molecule has 7 nitrogen and oxygen atoms in total. The fraction of sp³-hybridized carbons (Fsp3) is 0.280. The Kier molecular flexibility index (Phi) is 4.24. The van der Waals surface area contributed by atoms with E-state index in [-0.39, 0.29) is 17.9 Å². The lowest BCUT2D eigenvalue weighted by atomic mass is 10.0. The summed E-state index contributed by atoms with van der Waals surface area (Å²) >= 11 is 0. The Morgan fingerprint density at radius 2 is 1.72 bits per heavy atom. The van der Waals surface area contributed by atoms with Gasteiger partial charge in [-0.3, -0.25) is 19.6 Å². The van der Waals surface area contributed by atoms with E-state index in [2.05, 4.69) is 9.97 Å². The minimum absolute atomic E-state index is 0.0905. The van der Waals surface area contributed by atoms with Gasteiger partial charge in [0.25, 0.3) is 0 Å². The number of piperidine rings is 1. The van der Waals surface area contributed by atoms with Gasteiger partial charge in [0.2, 0.25) is 5.91 Å². The monoisotopic (exact) mass is 425 g/mol. The molecule has 0 N–H and O–H groups in total. The molecule has 4 heterocycles. The molecule has 7 heteroatoms. The molecule has 32 heavy (non-hydrogen) atoms. The molecule has 2 atom stereocenters. The number of urea groups is 1. The lowest BCUT2D eigenvalue weighted by molar-refractivity contribution is -0.118. The number of aromatic nitrogens is 2. The first-order valence-corrected chi connectivity index (χ1v) is 11.0. The predicted molar refractivity (Wildman–Crippen MR) is 123 cm³/mol. The van der Waals surface area contributed by atoms with Crippen LogP contribution in [-0.4, -0.2) is 41.5 Å². The van der Waals surface area contributed by atoms with E-state index in [1.54, 1.807) is 28.4 Å². The summed E-state index contributed by atoms with van der Waals surface area (Å²) in [7, 11) is 0. The van der Waals surface area contributed by atoms with E-state index in [0.717, 1.165) is 41.0 Å². The number of pyridine rings is 2. The molecule has 2 saturated heterocycles. The standard InChI is InChI=1S/C25H23N5O2/c1-16-21(17-4-6-19(7-5-17)30-15-18-13-22(18)24(30)31)8-10-27-23(16)29-12-11-28(25(29)32)20-3-2-9-26-14-20/h2-10,14,18,22H,11-13,15H2,1H3. The van der Waals surface area contributed by atoms with Gasteiger partial charge in [0.05, 0.1) is 11.9 Å². The van der Waals surface area contributed by atoms with E-state index in [1.807, 2.05) is 54.3 Å². The van der Waals surface area contributed by atoms with Gasteiger partial charge in [0.15, 0.2) is 0 Å². The van der Waals surface area contributed by atoms with Gasteiger partial charge >= 0.3 is 6.03 Å². The smallest absolute Gasteiger partial charge is 0.312 e. The summed E-state index contributed by atoms with van der Waals surface area (Å²) in [5.41, 5.74) is 4.78. The minimum atomic E-state index is -0.0905. The number of rotatable bonds is 4. The number of carbonyl (C=O) groups excluding carboxylic acids is 2. The van der Waals surface area contributed by atoms with Gasteiger partial charge in [0, 0.05) is 43.6 Å². The second kappa shape index (κ2) is 7.15. The average molecular weight is 425 g/mol. The second-order valence-corrected chi connectivity index (χ2v) is 8.70. The third-order valence-electron chi connectivity index (χ3n) is 6.81. The molecular formula is C25H23N5O2. The Bertz CT molecular complexity index is 1210. The summed E-state index contributed by atoms with van der Waals surface area (Å²) in [5, 5.41) is 0. The number of nitrogens with zero attached hydrogens (tertiary/aromatic N) is 5. The minimum Gasteiger partial charge on any atom is -0.312 e. The van der Waals surface area contributed by atoms with Gasteiger partial charge in [-0.25, -0.2) is 9.78 Å². The van der Waals surface area contributed by atoms with Crippen molar-refractivity contribution >= 4 is 29.1 Å². The summed E-state index contributed by atoms with van der Waals surface area (Å²) in [6, 6.07) is 13.7. The fourth-order valence-corrected chi connectivity index (χ4v) is 4.93. The highest BCUT2D eigenvalue weighted by atomic mass is 16.2. The summed E-state index contributed by atoms with van der Waals surface area (Å²) in [4.78, 5) is 39.5. The van der Waals surface area contributed by atoms with Crippen LogP contribution in [0.4, 0.5) is 22.0 Å². The van der Waals surface area contributed by atoms with Gasteiger partial charge < -0.3 is 4.90 Å². The third kappa shape index (κ3) is 2.96. The van der Waals surface area contributed by atoms with Crippen molar-refractivity contribution in [2.75, 3.05) is 34.3 Å². The highest BCUT2D eigenvalue weighted by Gasteiger charge is 2.52. The Balaban J connectivity index is 1.26. The number of hydrogen-bond acceptors (Lipinski definition) is 4. The highest BCUT2D eigenvalue weighted by molar-refractivity contribution is 6.06. The molecular weight excluding hydrogens is 402 g/mol. The molecule has 0 bridgehead atoms. The SMILES string of the molecule is Cc1c(-c2ccc(N3CC4CC4C3=O)cc2)ccnc1N1CCN(c2cccnc2)C1=O. The lowest BCUT2D eigenvalue weighted by Gasteiger charge is -2.21. The molecule has 2 aromatic heterocycles. The number of anilines is 3. The molecule has 3 aliphatic rings. The topological polar surface area (TPSA) is 69.6 Å². The summed E-state index contributed by atoms with van der Waals surface area (Å²) in [6.45, 7) is 4.01. The van der Waals surface area contributed by atoms with Gasteiger partial charge in [-0.2, -0.15) is 0 Å². The number of amides is 3. The lowest BCUT2D eigenvalue weighted by Crippen LogP contribution is -2.32. The molecule has 160 valence electrons. The van der Waals surface area contributed by atoms with Crippen molar-refractivity contribution in [2.45, 2.75) is 13.3 Å². The Morgan fingerprint density at radius 1 is 0.906 bits per heavy atom. The largest absolute Gasteiger partial charge is 0.330 e. The quantitative estimate of drug-likeness (QED) is 0.636. The maximum atomic E-state index is 13.1. The Morgan fingerprint density at radius 3 is 2.44 bits per heavy atom. The van der Waals surface area contributed by atoms with Crippen LogP contribution in [0.5, 0.6) is 0 Å². The zero-order valence-electron chi connectivity index (χ0n) is 17.8. The molecule has 0 spiro atoms. The first-order valence-electron chi connectivity index (χ1n) is 11.0. The molecule has 3 aromatic rings. The van der Waals surface area contributed by atoms with Crippen molar-refractivity contribution < 1.29 is 9.59 Å². The molecule has 1 saturated carbocycles. The van der Waals surface area contributed by atoms with Crippen LogP contribution in [0.2, 0.25) is 0 Å².